The third kappa shape index (κ3) is 2.51. The molecule has 1 N–H and O–H groups in total. The summed E-state index contributed by atoms with van der Waals surface area (Å²) in [5.74, 6) is 1.30. The number of hydrogen-bond acceptors (Lipinski definition) is 4. The summed E-state index contributed by atoms with van der Waals surface area (Å²) in [4.78, 5) is 18.9. The number of rotatable bonds is 3. The van der Waals surface area contributed by atoms with Crippen LogP contribution < -0.4 is 10.3 Å². The number of hydrogen-bond donors (Lipinski definition) is 1. The van der Waals surface area contributed by atoms with Gasteiger partial charge in [-0.1, -0.05) is 17.7 Å². The highest BCUT2D eigenvalue weighted by Crippen LogP contribution is 2.15. The average Bonchev–Trinajstić information content (AvgIpc) is 2.87. The van der Waals surface area contributed by atoms with Crippen LogP contribution in [0.2, 0.25) is 0 Å². The van der Waals surface area contributed by atoms with E-state index in [2.05, 4.69) is 9.97 Å². The summed E-state index contributed by atoms with van der Waals surface area (Å²) >= 11 is 1.39. The second-order valence-corrected chi connectivity index (χ2v) is 5.17. The lowest BCUT2D eigenvalue weighted by Gasteiger charge is -2.05. The number of aromatic amines is 1. The molecule has 0 bridgehead atoms. The van der Waals surface area contributed by atoms with Crippen molar-refractivity contribution >= 4 is 21.6 Å². The molecule has 2 aromatic heterocycles. The van der Waals surface area contributed by atoms with Crippen molar-refractivity contribution in [1.82, 2.24) is 9.97 Å². The molecule has 1 aromatic carbocycles. The third-order valence-corrected chi connectivity index (χ3v) is 3.66. The van der Waals surface area contributed by atoms with Crippen LogP contribution in [-0.4, -0.2) is 9.97 Å². The first-order valence-electron chi connectivity index (χ1n) is 5.88. The fourth-order valence-electron chi connectivity index (χ4n) is 1.78. The maximum atomic E-state index is 11.8. The van der Waals surface area contributed by atoms with Gasteiger partial charge in [0.15, 0.2) is 0 Å². The SMILES string of the molecule is Cc1ccc(OCc2nc3ccsc3c(=O)[nH]2)cc1. The highest BCUT2D eigenvalue weighted by molar-refractivity contribution is 7.17. The summed E-state index contributed by atoms with van der Waals surface area (Å²) in [7, 11) is 0. The topological polar surface area (TPSA) is 55.0 Å². The van der Waals surface area contributed by atoms with Crippen LogP contribution in [0.25, 0.3) is 10.2 Å². The molecule has 0 aliphatic rings. The Hall–Kier alpha value is -2.14. The highest BCUT2D eigenvalue weighted by atomic mass is 32.1. The largest absolute Gasteiger partial charge is 0.486 e. The van der Waals surface area contributed by atoms with Gasteiger partial charge in [0, 0.05) is 0 Å². The van der Waals surface area contributed by atoms with Crippen molar-refractivity contribution in [3.8, 4) is 5.75 Å². The molecule has 3 aromatic rings. The van der Waals surface area contributed by atoms with E-state index in [-0.39, 0.29) is 12.2 Å². The van der Waals surface area contributed by atoms with Crippen LogP contribution in [0.1, 0.15) is 11.4 Å². The summed E-state index contributed by atoms with van der Waals surface area (Å²) in [6.45, 7) is 2.28. The summed E-state index contributed by atoms with van der Waals surface area (Å²) in [5, 5.41) is 1.86. The highest BCUT2D eigenvalue weighted by Gasteiger charge is 2.05. The second kappa shape index (κ2) is 4.85. The Balaban J connectivity index is 1.81. The molecule has 0 amide bonds. The molecule has 0 aliphatic heterocycles. The summed E-state index contributed by atoms with van der Waals surface area (Å²) in [6, 6.07) is 9.60. The lowest BCUT2D eigenvalue weighted by atomic mass is 10.2. The van der Waals surface area contributed by atoms with Gasteiger partial charge in [-0.05, 0) is 30.5 Å². The Kier molecular flexibility index (Phi) is 3.05. The standard InChI is InChI=1S/C14H12N2O2S/c1-9-2-4-10(5-3-9)18-8-12-15-11-6-7-19-13(11)14(17)16-12/h2-7H,8H2,1H3,(H,15,16,17). The molecule has 96 valence electrons. The van der Waals surface area contributed by atoms with Gasteiger partial charge in [-0.25, -0.2) is 4.98 Å². The molecular formula is C14H12N2O2S. The van der Waals surface area contributed by atoms with Gasteiger partial charge in [0.25, 0.3) is 5.56 Å². The fourth-order valence-corrected chi connectivity index (χ4v) is 2.50. The maximum Gasteiger partial charge on any atom is 0.268 e. The number of ether oxygens (including phenoxy) is 1. The fraction of sp³-hybridized carbons (Fsp3) is 0.143. The van der Waals surface area contributed by atoms with E-state index in [1.165, 1.54) is 16.9 Å². The van der Waals surface area contributed by atoms with Crippen molar-refractivity contribution < 1.29 is 4.74 Å². The Bertz CT molecular complexity index is 759. The van der Waals surface area contributed by atoms with Gasteiger partial charge in [-0.3, -0.25) is 4.79 Å². The normalized spacial score (nSPS) is 10.8. The third-order valence-electron chi connectivity index (χ3n) is 2.76. The van der Waals surface area contributed by atoms with Crippen LogP contribution in [0, 0.1) is 6.92 Å². The summed E-state index contributed by atoms with van der Waals surface area (Å²) < 4.78 is 6.25. The van der Waals surface area contributed by atoms with E-state index in [4.69, 9.17) is 4.74 Å². The lowest BCUT2D eigenvalue weighted by Crippen LogP contribution is -2.12. The summed E-state index contributed by atoms with van der Waals surface area (Å²) in [5.41, 5.74) is 1.79. The molecule has 19 heavy (non-hydrogen) atoms. The van der Waals surface area contributed by atoms with Crippen molar-refractivity contribution in [2.75, 3.05) is 0 Å². The summed E-state index contributed by atoms with van der Waals surface area (Å²) in [6.07, 6.45) is 0. The molecular weight excluding hydrogens is 260 g/mol. The molecule has 2 heterocycles. The van der Waals surface area contributed by atoms with E-state index >= 15 is 0 Å². The molecule has 0 spiro atoms. The molecule has 3 rings (SSSR count). The number of thiophene rings is 1. The number of fused-ring (bicyclic) bond motifs is 1. The molecule has 0 unspecified atom stereocenters. The molecule has 0 aliphatic carbocycles. The maximum absolute atomic E-state index is 11.8. The quantitative estimate of drug-likeness (QED) is 0.797. The number of nitrogens with one attached hydrogen (secondary N) is 1. The van der Waals surface area contributed by atoms with Gasteiger partial charge >= 0.3 is 0 Å². The monoisotopic (exact) mass is 272 g/mol. The van der Waals surface area contributed by atoms with Crippen LogP contribution in [0.5, 0.6) is 5.75 Å². The van der Waals surface area contributed by atoms with Crippen molar-refractivity contribution in [1.29, 1.82) is 0 Å². The minimum atomic E-state index is -0.109. The zero-order chi connectivity index (χ0) is 13.2. The number of benzene rings is 1. The predicted octanol–water partition coefficient (Wildman–Crippen LogP) is 2.87. The van der Waals surface area contributed by atoms with Crippen LogP contribution in [0.3, 0.4) is 0 Å². The molecule has 0 atom stereocenters. The average molecular weight is 272 g/mol. The Morgan fingerprint density at radius 1 is 1.26 bits per heavy atom. The second-order valence-electron chi connectivity index (χ2n) is 4.25. The van der Waals surface area contributed by atoms with Crippen LogP contribution in [0.15, 0.2) is 40.5 Å². The minimum Gasteiger partial charge on any atom is -0.486 e. The van der Waals surface area contributed by atoms with Crippen LogP contribution >= 0.6 is 11.3 Å². The van der Waals surface area contributed by atoms with E-state index in [1.807, 2.05) is 42.6 Å². The van der Waals surface area contributed by atoms with Crippen molar-refractivity contribution in [3.63, 3.8) is 0 Å². The lowest BCUT2D eigenvalue weighted by molar-refractivity contribution is 0.296. The van der Waals surface area contributed by atoms with E-state index in [9.17, 15) is 4.79 Å². The first-order valence-corrected chi connectivity index (χ1v) is 6.76. The van der Waals surface area contributed by atoms with Gasteiger partial charge in [-0.15, -0.1) is 11.3 Å². The zero-order valence-corrected chi connectivity index (χ0v) is 11.2. The molecule has 4 nitrogen and oxygen atoms in total. The Morgan fingerprint density at radius 2 is 2.05 bits per heavy atom. The van der Waals surface area contributed by atoms with E-state index in [1.54, 1.807) is 0 Å². The van der Waals surface area contributed by atoms with Crippen molar-refractivity contribution in [2.24, 2.45) is 0 Å². The molecule has 0 saturated carbocycles. The minimum absolute atomic E-state index is 0.109. The van der Waals surface area contributed by atoms with E-state index in [0.29, 0.717) is 10.5 Å². The molecule has 0 fully saturated rings. The first-order chi connectivity index (χ1) is 9.22. The number of nitrogens with zero attached hydrogens (tertiary/aromatic N) is 1. The molecule has 0 radical (unpaired) electrons. The number of aromatic nitrogens is 2. The van der Waals surface area contributed by atoms with E-state index in [0.717, 1.165) is 11.3 Å². The first kappa shape index (κ1) is 11.9. The molecule has 5 heteroatoms. The Labute approximate surface area is 113 Å². The Morgan fingerprint density at radius 3 is 2.84 bits per heavy atom. The van der Waals surface area contributed by atoms with Gasteiger partial charge in [0.2, 0.25) is 0 Å². The van der Waals surface area contributed by atoms with Gasteiger partial charge < -0.3 is 9.72 Å². The van der Waals surface area contributed by atoms with Crippen LogP contribution in [0.4, 0.5) is 0 Å². The van der Waals surface area contributed by atoms with Crippen molar-refractivity contribution in [3.05, 3.63) is 57.5 Å². The number of H-pyrrole nitrogens is 1. The predicted molar refractivity (Wildman–Crippen MR) is 75.8 cm³/mol. The number of aryl methyl sites for hydroxylation is 1. The van der Waals surface area contributed by atoms with Crippen molar-refractivity contribution in [2.45, 2.75) is 13.5 Å². The van der Waals surface area contributed by atoms with Gasteiger partial charge in [-0.2, -0.15) is 0 Å². The van der Waals surface area contributed by atoms with E-state index < -0.39 is 0 Å². The zero-order valence-electron chi connectivity index (χ0n) is 10.3. The molecule has 0 saturated heterocycles. The smallest absolute Gasteiger partial charge is 0.268 e. The van der Waals surface area contributed by atoms with Gasteiger partial charge in [0.1, 0.15) is 22.9 Å². The van der Waals surface area contributed by atoms with Gasteiger partial charge in [0.05, 0.1) is 5.52 Å². The van der Waals surface area contributed by atoms with Crippen LogP contribution in [-0.2, 0) is 6.61 Å².